The normalized spacial score (nSPS) is 23.2. The molecule has 2 aromatic heterocycles. The zero-order chi connectivity index (χ0) is 26.9. The molecule has 2 aliphatic heterocycles. The highest BCUT2D eigenvalue weighted by Crippen LogP contribution is 2.44. The lowest BCUT2D eigenvalue weighted by atomic mass is 9.89. The van der Waals surface area contributed by atoms with Crippen LogP contribution in [0, 0.1) is 5.41 Å². The number of carbonyl (C=O) groups excluding carboxylic acids is 2. The maximum absolute atomic E-state index is 13.0. The van der Waals surface area contributed by atoms with Gasteiger partial charge >= 0.3 is 11.1 Å². The van der Waals surface area contributed by atoms with Crippen LogP contribution < -0.4 is 27.1 Å². The number of amides is 2. The number of nitrogen functional groups attached to an aromatic ring is 3. The molecule has 3 atom stereocenters. The molecular formula is C20H26N9O5S3+. The van der Waals surface area contributed by atoms with E-state index in [0.717, 1.165) is 11.3 Å². The molecule has 0 aromatic carbocycles. The van der Waals surface area contributed by atoms with Gasteiger partial charge < -0.3 is 37.4 Å². The third-order valence-corrected chi connectivity index (χ3v) is 9.40. The van der Waals surface area contributed by atoms with Crippen LogP contribution in [0.25, 0.3) is 0 Å². The Morgan fingerprint density at radius 3 is 2.81 bits per heavy atom. The third-order valence-electron chi connectivity index (χ3n) is 5.82. The maximum atomic E-state index is 13.0. The number of nitrogens with two attached hydrogens (primary N) is 3. The van der Waals surface area contributed by atoms with Crippen molar-refractivity contribution in [1.29, 1.82) is 0 Å². The summed E-state index contributed by atoms with van der Waals surface area (Å²) in [4.78, 5) is 53.1. The zero-order valence-electron chi connectivity index (χ0n) is 19.9. The number of thiazole rings is 1. The Balaban J connectivity index is 1.45. The van der Waals surface area contributed by atoms with Gasteiger partial charge in [0.25, 0.3) is 5.91 Å². The number of nitrogens with one attached hydrogen (secondary N) is 1. The van der Waals surface area contributed by atoms with Crippen LogP contribution in [-0.2, 0) is 26.3 Å². The fourth-order valence-electron chi connectivity index (χ4n) is 3.75. The number of aromatic nitrogens is 3. The molecule has 2 fully saturated rings. The lowest BCUT2D eigenvalue weighted by Crippen LogP contribution is -2.74. The largest absolute Gasteiger partial charge is 0.481 e. The van der Waals surface area contributed by atoms with Crippen molar-refractivity contribution < 1.29 is 28.9 Å². The minimum absolute atomic E-state index is 0.0117. The average Bonchev–Trinajstić information content (AvgIpc) is 3.29. The monoisotopic (exact) mass is 568 g/mol. The number of rotatable bonds is 9. The molecule has 0 spiro atoms. The SMILES string of the molecule is CCON=C(C(=O)NC1C(=O)N2CC(CSc3nc(N)cc(N)[n+]3C)(C(=O)O)CS[C@H]12)c1csc(N)n1. The van der Waals surface area contributed by atoms with Crippen LogP contribution in [0.4, 0.5) is 16.8 Å². The van der Waals surface area contributed by atoms with E-state index in [1.165, 1.54) is 34.5 Å². The molecule has 14 nitrogen and oxygen atoms in total. The molecule has 198 valence electrons. The molecule has 37 heavy (non-hydrogen) atoms. The Bertz CT molecular complexity index is 1270. The van der Waals surface area contributed by atoms with Gasteiger partial charge in [0.2, 0.25) is 17.5 Å². The van der Waals surface area contributed by atoms with E-state index in [-0.39, 0.29) is 52.9 Å². The highest BCUT2D eigenvalue weighted by molar-refractivity contribution is 8.00. The molecule has 17 heteroatoms. The summed E-state index contributed by atoms with van der Waals surface area (Å²) >= 11 is 3.64. The van der Waals surface area contributed by atoms with Crippen molar-refractivity contribution in [3.05, 3.63) is 17.1 Å². The van der Waals surface area contributed by atoms with E-state index >= 15 is 0 Å². The quantitative estimate of drug-likeness (QED) is 0.0622. The number of β-lactam (4-membered cyclic amide) rings is 1. The van der Waals surface area contributed by atoms with E-state index in [9.17, 15) is 19.5 Å². The minimum atomic E-state index is -1.23. The van der Waals surface area contributed by atoms with E-state index in [2.05, 4.69) is 20.4 Å². The Labute approximate surface area is 224 Å². The second-order valence-corrected chi connectivity index (χ2v) is 11.3. The van der Waals surface area contributed by atoms with Gasteiger partial charge in [-0.25, -0.2) is 9.55 Å². The molecule has 8 N–H and O–H groups in total. The average molecular weight is 569 g/mol. The Kier molecular flexibility index (Phi) is 7.65. The summed E-state index contributed by atoms with van der Waals surface area (Å²) < 4.78 is 1.62. The molecule has 4 heterocycles. The number of nitrogens with zero attached hydrogens (tertiary/aromatic N) is 5. The molecule has 0 saturated carbocycles. The van der Waals surface area contributed by atoms with Crippen LogP contribution >= 0.6 is 34.9 Å². The topological polar surface area (TPSA) is 216 Å². The van der Waals surface area contributed by atoms with Crippen LogP contribution in [-0.4, -0.2) is 79.5 Å². The number of hydrogen-bond donors (Lipinski definition) is 5. The summed E-state index contributed by atoms with van der Waals surface area (Å²) in [5, 5.41) is 18.5. The first-order chi connectivity index (χ1) is 17.6. The number of carboxylic acids is 1. The maximum Gasteiger partial charge on any atom is 0.313 e. The third kappa shape index (κ3) is 5.24. The summed E-state index contributed by atoms with van der Waals surface area (Å²) in [6.07, 6.45) is 0. The van der Waals surface area contributed by atoms with Gasteiger partial charge in [-0.2, -0.15) is 0 Å². The molecule has 2 saturated heterocycles. The highest BCUT2D eigenvalue weighted by atomic mass is 32.2. The standard InChI is InChI=1S/C20H25N9O5S3/c1-3-34-27-12(9-5-35-18(23)24-9)14(30)26-13-15(31)29-6-20(17(32)33,7-36-16(13)29)8-37-19-25-10(21)4-11(22)28(19)2/h4-5,13,16H,3,6-8H2,1-2H3,(H7,21,22,23,24,26,30,32,33)/p+1/t13?,16-,20?/m1/s1. The smallest absolute Gasteiger partial charge is 0.313 e. The van der Waals surface area contributed by atoms with Gasteiger partial charge in [0, 0.05) is 23.4 Å². The van der Waals surface area contributed by atoms with Crippen molar-refractivity contribution in [3.63, 3.8) is 0 Å². The van der Waals surface area contributed by atoms with Crippen LogP contribution in [0.1, 0.15) is 12.6 Å². The molecule has 2 aromatic rings. The van der Waals surface area contributed by atoms with Crippen molar-refractivity contribution in [2.24, 2.45) is 17.6 Å². The van der Waals surface area contributed by atoms with Crippen LogP contribution in [0.5, 0.6) is 0 Å². The predicted molar refractivity (Wildman–Crippen MR) is 140 cm³/mol. The van der Waals surface area contributed by atoms with Crippen LogP contribution in [0.3, 0.4) is 0 Å². The summed E-state index contributed by atoms with van der Waals surface area (Å²) in [6, 6.07) is 0.673. The lowest BCUT2D eigenvalue weighted by Gasteiger charge is -2.53. The number of fused-ring (bicyclic) bond motifs is 1. The summed E-state index contributed by atoms with van der Waals surface area (Å²) in [5.41, 5.74) is 16.3. The number of aliphatic carboxylic acids is 1. The van der Waals surface area contributed by atoms with Gasteiger partial charge in [-0.15, -0.1) is 23.1 Å². The summed E-state index contributed by atoms with van der Waals surface area (Å²) in [5.74, 6) is -1.07. The van der Waals surface area contributed by atoms with Gasteiger partial charge in [-0.3, -0.25) is 14.4 Å². The van der Waals surface area contributed by atoms with Crippen LogP contribution in [0.2, 0.25) is 0 Å². The second kappa shape index (κ2) is 10.6. The first-order valence-corrected chi connectivity index (χ1v) is 13.9. The van der Waals surface area contributed by atoms with E-state index in [1.807, 2.05) is 0 Å². The summed E-state index contributed by atoms with van der Waals surface area (Å²) in [7, 11) is 1.71. The Hall–Kier alpha value is -3.31. The van der Waals surface area contributed by atoms with E-state index in [1.54, 1.807) is 23.9 Å². The first kappa shape index (κ1) is 26.7. The molecule has 0 aliphatic carbocycles. The van der Waals surface area contributed by atoms with Crippen molar-refractivity contribution in [3.8, 4) is 0 Å². The number of carbonyl (C=O) groups is 3. The molecule has 2 amide bonds. The fourth-order valence-corrected chi connectivity index (χ4v) is 7.16. The molecule has 2 unspecified atom stereocenters. The first-order valence-electron chi connectivity index (χ1n) is 11.0. The molecule has 4 rings (SSSR count). The Morgan fingerprint density at radius 2 is 2.16 bits per heavy atom. The predicted octanol–water partition coefficient (Wildman–Crippen LogP) is -0.887. The van der Waals surface area contributed by atoms with Gasteiger partial charge in [0.15, 0.2) is 10.8 Å². The van der Waals surface area contributed by atoms with Gasteiger partial charge in [0.1, 0.15) is 29.1 Å². The number of carboxylic acid groups (broad SMARTS) is 1. The second-order valence-electron chi connectivity index (χ2n) is 8.37. The van der Waals surface area contributed by atoms with Gasteiger partial charge in [-0.1, -0.05) is 21.9 Å². The van der Waals surface area contributed by atoms with Gasteiger partial charge in [-0.05, 0) is 6.92 Å². The fraction of sp³-hybridized carbons (Fsp3) is 0.450. The summed E-state index contributed by atoms with van der Waals surface area (Å²) in [6.45, 7) is 1.93. The van der Waals surface area contributed by atoms with E-state index in [0.29, 0.717) is 11.0 Å². The lowest BCUT2D eigenvalue weighted by molar-refractivity contribution is -0.698. The van der Waals surface area contributed by atoms with Crippen LogP contribution in [0.15, 0.2) is 21.8 Å². The molecule has 0 radical (unpaired) electrons. The van der Waals surface area contributed by atoms with E-state index < -0.39 is 28.7 Å². The number of oxime groups is 1. The van der Waals surface area contributed by atoms with Gasteiger partial charge in [0.05, 0.1) is 13.1 Å². The van der Waals surface area contributed by atoms with Crippen molar-refractivity contribution in [2.45, 2.75) is 23.5 Å². The van der Waals surface area contributed by atoms with E-state index in [4.69, 9.17) is 22.0 Å². The molecule has 2 aliphatic rings. The number of thioether (sulfide) groups is 2. The van der Waals surface area contributed by atoms with Crippen molar-refractivity contribution >= 4 is 75.1 Å². The number of hydrogen-bond acceptors (Lipinski definition) is 13. The van der Waals surface area contributed by atoms with Crippen molar-refractivity contribution in [1.82, 2.24) is 20.2 Å². The molecule has 0 bridgehead atoms. The minimum Gasteiger partial charge on any atom is -0.481 e. The Morgan fingerprint density at radius 1 is 1.41 bits per heavy atom. The molecular weight excluding hydrogens is 542 g/mol. The highest BCUT2D eigenvalue weighted by Gasteiger charge is 2.57. The van der Waals surface area contributed by atoms with Crippen molar-refractivity contribution in [2.75, 3.05) is 41.9 Å². The zero-order valence-corrected chi connectivity index (χ0v) is 22.4. The number of anilines is 3.